The van der Waals surface area contributed by atoms with E-state index in [-0.39, 0.29) is 5.82 Å². The van der Waals surface area contributed by atoms with E-state index in [0.29, 0.717) is 0 Å². The van der Waals surface area contributed by atoms with Crippen LogP contribution >= 0.6 is 0 Å². The standard InChI is InChI=1S/C28H20FN/c1-19-14-25(17-27(29)15-19)22-10-6-20(7-11-22)21-8-12-23(13-9-21)26-16-24-4-2-3-5-28(24)30-18-26/h2-18H,1H3. The van der Waals surface area contributed by atoms with Crippen LogP contribution in [-0.2, 0) is 0 Å². The molecule has 0 fully saturated rings. The second kappa shape index (κ2) is 7.57. The third-order valence-electron chi connectivity index (χ3n) is 5.40. The SMILES string of the molecule is Cc1cc(F)cc(-c2ccc(-c3ccc(-c4cnc5ccccc5c4)cc3)cc2)c1. The molecule has 0 spiro atoms. The lowest BCUT2D eigenvalue weighted by molar-refractivity contribution is 0.627. The second-order valence-corrected chi connectivity index (χ2v) is 7.59. The zero-order valence-electron chi connectivity index (χ0n) is 16.6. The summed E-state index contributed by atoms with van der Waals surface area (Å²) in [7, 11) is 0. The van der Waals surface area contributed by atoms with Crippen molar-refractivity contribution in [2.24, 2.45) is 0 Å². The molecule has 1 nitrogen and oxygen atoms in total. The Balaban J connectivity index is 1.42. The molecule has 5 aromatic rings. The number of nitrogens with zero attached hydrogens (tertiary/aromatic N) is 1. The number of hydrogen-bond donors (Lipinski definition) is 0. The van der Waals surface area contributed by atoms with Crippen molar-refractivity contribution in [3.05, 3.63) is 115 Å². The van der Waals surface area contributed by atoms with Crippen molar-refractivity contribution in [1.82, 2.24) is 4.98 Å². The molecule has 1 heterocycles. The van der Waals surface area contributed by atoms with E-state index < -0.39 is 0 Å². The normalized spacial score (nSPS) is 11.0. The van der Waals surface area contributed by atoms with Gasteiger partial charge in [-0.15, -0.1) is 0 Å². The second-order valence-electron chi connectivity index (χ2n) is 7.59. The summed E-state index contributed by atoms with van der Waals surface area (Å²) in [4.78, 5) is 4.56. The maximum atomic E-state index is 13.7. The third-order valence-corrected chi connectivity index (χ3v) is 5.40. The highest BCUT2D eigenvalue weighted by molar-refractivity contribution is 5.84. The molecule has 0 aliphatic rings. The van der Waals surface area contributed by atoms with Gasteiger partial charge in [0.1, 0.15) is 5.82 Å². The minimum absolute atomic E-state index is 0.201. The lowest BCUT2D eigenvalue weighted by atomic mass is 9.97. The number of hydrogen-bond acceptors (Lipinski definition) is 1. The monoisotopic (exact) mass is 389 g/mol. The Morgan fingerprint density at radius 3 is 1.77 bits per heavy atom. The van der Waals surface area contributed by atoms with Gasteiger partial charge in [-0.3, -0.25) is 4.98 Å². The first-order valence-corrected chi connectivity index (χ1v) is 9.99. The molecule has 0 bridgehead atoms. The molecule has 0 amide bonds. The van der Waals surface area contributed by atoms with Crippen LogP contribution in [0.1, 0.15) is 5.56 Å². The van der Waals surface area contributed by atoms with Crippen LogP contribution in [0.3, 0.4) is 0 Å². The molecule has 0 radical (unpaired) electrons. The Kier molecular flexibility index (Phi) is 4.61. The zero-order valence-corrected chi connectivity index (χ0v) is 16.6. The Bertz CT molecular complexity index is 1320. The maximum Gasteiger partial charge on any atom is 0.124 e. The number of rotatable bonds is 3. The van der Waals surface area contributed by atoms with E-state index in [1.165, 1.54) is 0 Å². The van der Waals surface area contributed by atoms with E-state index >= 15 is 0 Å². The number of aryl methyl sites for hydroxylation is 1. The van der Waals surface area contributed by atoms with Gasteiger partial charge in [0.15, 0.2) is 0 Å². The van der Waals surface area contributed by atoms with Crippen LogP contribution in [0.4, 0.5) is 4.39 Å². The lowest BCUT2D eigenvalue weighted by Gasteiger charge is -2.08. The van der Waals surface area contributed by atoms with Gasteiger partial charge in [0, 0.05) is 17.1 Å². The molecule has 30 heavy (non-hydrogen) atoms. The van der Waals surface area contributed by atoms with Crippen LogP contribution in [0.2, 0.25) is 0 Å². The molecule has 0 saturated heterocycles. The van der Waals surface area contributed by atoms with E-state index in [1.807, 2.05) is 49.5 Å². The first-order valence-electron chi connectivity index (χ1n) is 9.99. The molecule has 144 valence electrons. The van der Waals surface area contributed by atoms with E-state index in [9.17, 15) is 4.39 Å². The van der Waals surface area contributed by atoms with Crippen LogP contribution < -0.4 is 0 Å². The fourth-order valence-corrected chi connectivity index (χ4v) is 3.84. The number of aromatic nitrogens is 1. The van der Waals surface area contributed by atoms with Gasteiger partial charge in [0.2, 0.25) is 0 Å². The highest BCUT2D eigenvalue weighted by atomic mass is 19.1. The van der Waals surface area contributed by atoms with Gasteiger partial charge in [-0.05, 0) is 64.6 Å². The van der Waals surface area contributed by atoms with Crippen LogP contribution in [-0.4, -0.2) is 4.98 Å². The first kappa shape index (κ1) is 18.3. The van der Waals surface area contributed by atoms with Crippen LogP contribution in [0.5, 0.6) is 0 Å². The summed E-state index contributed by atoms with van der Waals surface area (Å²) in [5.74, 6) is -0.201. The van der Waals surface area contributed by atoms with E-state index in [0.717, 1.165) is 49.8 Å². The molecule has 0 N–H and O–H groups in total. The highest BCUT2D eigenvalue weighted by Gasteiger charge is 2.05. The molecule has 0 aliphatic carbocycles. The minimum atomic E-state index is -0.201. The number of pyridine rings is 1. The van der Waals surface area contributed by atoms with Crippen molar-refractivity contribution >= 4 is 10.9 Å². The van der Waals surface area contributed by atoms with Gasteiger partial charge in [0.05, 0.1) is 5.52 Å². The minimum Gasteiger partial charge on any atom is -0.256 e. The molecule has 0 unspecified atom stereocenters. The predicted molar refractivity (Wildman–Crippen MR) is 123 cm³/mol. The lowest BCUT2D eigenvalue weighted by Crippen LogP contribution is -1.85. The maximum absolute atomic E-state index is 13.7. The summed E-state index contributed by atoms with van der Waals surface area (Å²) >= 11 is 0. The number of fused-ring (bicyclic) bond motifs is 1. The van der Waals surface area contributed by atoms with Gasteiger partial charge in [0.25, 0.3) is 0 Å². The van der Waals surface area contributed by atoms with Crippen molar-refractivity contribution in [2.45, 2.75) is 6.92 Å². The highest BCUT2D eigenvalue weighted by Crippen LogP contribution is 2.29. The van der Waals surface area contributed by atoms with Crippen molar-refractivity contribution in [3.8, 4) is 33.4 Å². The molecule has 0 saturated carbocycles. The number of halogens is 1. The Morgan fingerprint density at radius 1 is 0.567 bits per heavy atom. The Labute approximate surface area is 175 Å². The van der Waals surface area contributed by atoms with E-state index in [4.69, 9.17) is 0 Å². The van der Waals surface area contributed by atoms with Gasteiger partial charge >= 0.3 is 0 Å². The predicted octanol–water partition coefficient (Wildman–Crippen LogP) is 7.68. The van der Waals surface area contributed by atoms with E-state index in [2.05, 4.69) is 53.5 Å². The van der Waals surface area contributed by atoms with Gasteiger partial charge in [-0.2, -0.15) is 0 Å². The summed E-state index contributed by atoms with van der Waals surface area (Å²) in [6.07, 6.45) is 1.92. The summed E-state index contributed by atoms with van der Waals surface area (Å²) < 4.78 is 13.7. The summed E-state index contributed by atoms with van der Waals surface area (Å²) in [5.41, 5.74) is 8.38. The quantitative estimate of drug-likeness (QED) is 0.308. The molecule has 4 aromatic carbocycles. The van der Waals surface area contributed by atoms with Crippen molar-refractivity contribution < 1.29 is 4.39 Å². The zero-order chi connectivity index (χ0) is 20.5. The molecule has 2 heteroatoms. The molecule has 0 atom stereocenters. The molecule has 5 rings (SSSR count). The van der Waals surface area contributed by atoms with Crippen molar-refractivity contribution in [3.63, 3.8) is 0 Å². The average Bonchev–Trinajstić information content (AvgIpc) is 2.78. The fraction of sp³-hybridized carbons (Fsp3) is 0.0357. The third kappa shape index (κ3) is 3.60. The fourth-order valence-electron chi connectivity index (χ4n) is 3.84. The summed E-state index contributed by atoms with van der Waals surface area (Å²) in [6, 6.07) is 32.2. The Hall–Kier alpha value is -3.78. The van der Waals surface area contributed by atoms with Crippen molar-refractivity contribution in [2.75, 3.05) is 0 Å². The molecular formula is C28H20FN. The smallest absolute Gasteiger partial charge is 0.124 e. The molecule has 0 aliphatic heterocycles. The number of benzene rings is 4. The Morgan fingerprint density at radius 2 is 1.13 bits per heavy atom. The molecular weight excluding hydrogens is 369 g/mol. The van der Waals surface area contributed by atoms with E-state index in [1.54, 1.807) is 12.1 Å². The van der Waals surface area contributed by atoms with Gasteiger partial charge < -0.3 is 0 Å². The molecule has 1 aromatic heterocycles. The van der Waals surface area contributed by atoms with Crippen molar-refractivity contribution in [1.29, 1.82) is 0 Å². The summed E-state index contributed by atoms with van der Waals surface area (Å²) in [6.45, 7) is 1.91. The number of para-hydroxylation sites is 1. The van der Waals surface area contributed by atoms with Gasteiger partial charge in [-0.1, -0.05) is 72.8 Å². The van der Waals surface area contributed by atoms with Gasteiger partial charge in [-0.25, -0.2) is 4.39 Å². The first-order chi connectivity index (χ1) is 14.7. The average molecular weight is 389 g/mol. The largest absolute Gasteiger partial charge is 0.256 e. The van der Waals surface area contributed by atoms with Crippen LogP contribution in [0.15, 0.2) is 103 Å². The van der Waals surface area contributed by atoms with Crippen LogP contribution in [0.25, 0.3) is 44.3 Å². The topological polar surface area (TPSA) is 12.9 Å². The van der Waals surface area contributed by atoms with Crippen LogP contribution in [0, 0.1) is 12.7 Å². The summed E-state index contributed by atoms with van der Waals surface area (Å²) in [5, 5.41) is 1.14.